The van der Waals surface area contributed by atoms with Crippen molar-refractivity contribution in [2.24, 2.45) is 4.99 Å². The maximum atomic E-state index is 12.1. The van der Waals surface area contributed by atoms with Gasteiger partial charge in [0, 0.05) is 37.8 Å². The number of rotatable bonds is 7. The fraction of sp³-hybridized carbons (Fsp3) is 0.556. The second kappa shape index (κ2) is 11.8. The van der Waals surface area contributed by atoms with E-state index in [0.717, 1.165) is 38.2 Å². The molecule has 26 heavy (non-hydrogen) atoms. The number of amides is 1. The first-order valence-electron chi connectivity index (χ1n) is 8.73. The fourth-order valence-corrected chi connectivity index (χ4v) is 2.75. The molecule has 1 aromatic rings. The number of carbonyl (C=O) groups is 1. The van der Waals surface area contributed by atoms with E-state index in [1.807, 2.05) is 30.0 Å². The zero-order valence-electron chi connectivity index (χ0n) is 15.7. The fourth-order valence-electron chi connectivity index (χ4n) is 2.75. The zero-order chi connectivity index (χ0) is 18.1. The van der Waals surface area contributed by atoms with Crippen LogP contribution in [0.25, 0.3) is 0 Å². The Hall–Kier alpha value is -1.71. The van der Waals surface area contributed by atoms with E-state index in [1.54, 1.807) is 14.2 Å². The normalized spacial score (nSPS) is 13.8. The van der Waals surface area contributed by atoms with Crippen LogP contribution in [-0.2, 0) is 4.79 Å². The molecule has 1 saturated heterocycles. The number of hydrogen-bond acceptors (Lipinski definition) is 4. The van der Waals surface area contributed by atoms with Crippen LogP contribution in [0.15, 0.2) is 23.2 Å². The molecule has 0 unspecified atom stereocenters. The second-order valence-corrected chi connectivity index (χ2v) is 5.79. The van der Waals surface area contributed by atoms with Gasteiger partial charge in [-0.05, 0) is 31.9 Å². The molecule has 2 rings (SSSR count). The lowest BCUT2D eigenvalue weighted by Crippen LogP contribution is -2.32. The van der Waals surface area contributed by atoms with Crippen LogP contribution in [0.5, 0.6) is 11.5 Å². The molecule has 1 heterocycles. The van der Waals surface area contributed by atoms with Crippen molar-refractivity contribution in [3.05, 3.63) is 18.2 Å². The van der Waals surface area contributed by atoms with Crippen molar-refractivity contribution in [1.82, 2.24) is 10.2 Å². The van der Waals surface area contributed by atoms with E-state index in [-0.39, 0.29) is 29.9 Å². The Balaban J connectivity index is 0.00000338. The van der Waals surface area contributed by atoms with Gasteiger partial charge in [0.25, 0.3) is 0 Å². The number of nitrogens with one attached hydrogen (secondary N) is 2. The van der Waals surface area contributed by atoms with Gasteiger partial charge in [0.15, 0.2) is 17.5 Å². The molecule has 0 atom stereocenters. The highest BCUT2D eigenvalue weighted by Gasteiger charge is 2.17. The first-order chi connectivity index (χ1) is 12.2. The van der Waals surface area contributed by atoms with Crippen LogP contribution in [0.2, 0.25) is 0 Å². The van der Waals surface area contributed by atoms with Crippen molar-refractivity contribution in [2.45, 2.75) is 26.2 Å². The highest BCUT2D eigenvalue weighted by Crippen LogP contribution is 2.29. The first kappa shape index (κ1) is 22.3. The standard InChI is InChI=1S/C18H28N4O3.HI/c1-4-19-18(20-10-9-17(23)22-11-5-6-12-22)21-14-7-8-15(24-2)16(13-14)25-3;/h7-8,13H,4-6,9-12H2,1-3H3,(H2,19,20,21);1H. The molecule has 8 heteroatoms. The lowest BCUT2D eigenvalue weighted by Gasteiger charge is -2.15. The van der Waals surface area contributed by atoms with Crippen LogP contribution >= 0.6 is 24.0 Å². The average molecular weight is 476 g/mol. The third-order valence-electron chi connectivity index (χ3n) is 4.04. The van der Waals surface area contributed by atoms with Crippen molar-refractivity contribution in [3.8, 4) is 11.5 Å². The maximum absolute atomic E-state index is 12.1. The van der Waals surface area contributed by atoms with Crippen molar-refractivity contribution < 1.29 is 14.3 Å². The third-order valence-corrected chi connectivity index (χ3v) is 4.04. The number of ether oxygens (including phenoxy) is 2. The van der Waals surface area contributed by atoms with Crippen LogP contribution in [0.3, 0.4) is 0 Å². The molecule has 1 aliphatic heterocycles. The number of aliphatic imine (C=N–C) groups is 1. The topological polar surface area (TPSA) is 75.2 Å². The minimum absolute atomic E-state index is 0. The summed E-state index contributed by atoms with van der Waals surface area (Å²) in [4.78, 5) is 18.5. The number of methoxy groups -OCH3 is 2. The van der Waals surface area contributed by atoms with E-state index in [4.69, 9.17) is 9.47 Å². The van der Waals surface area contributed by atoms with Gasteiger partial charge >= 0.3 is 0 Å². The van der Waals surface area contributed by atoms with Gasteiger partial charge in [0.2, 0.25) is 5.91 Å². The largest absolute Gasteiger partial charge is 0.493 e. The molecular weight excluding hydrogens is 447 g/mol. The van der Waals surface area contributed by atoms with Crippen molar-refractivity contribution in [2.75, 3.05) is 45.7 Å². The molecule has 0 radical (unpaired) electrons. The summed E-state index contributed by atoms with van der Waals surface area (Å²) in [5, 5.41) is 6.41. The lowest BCUT2D eigenvalue weighted by molar-refractivity contribution is -0.129. The predicted molar refractivity (Wildman–Crippen MR) is 115 cm³/mol. The average Bonchev–Trinajstić information content (AvgIpc) is 3.16. The maximum Gasteiger partial charge on any atom is 0.224 e. The molecule has 0 bridgehead atoms. The summed E-state index contributed by atoms with van der Waals surface area (Å²) in [6, 6.07) is 5.58. The van der Waals surface area contributed by atoms with Gasteiger partial charge in [-0.1, -0.05) is 0 Å². The number of halogens is 1. The third kappa shape index (κ3) is 6.54. The molecule has 0 spiro atoms. The van der Waals surface area contributed by atoms with Gasteiger partial charge in [-0.15, -0.1) is 24.0 Å². The molecule has 1 aliphatic rings. The summed E-state index contributed by atoms with van der Waals surface area (Å²) in [6.45, 7) is 4.96. The van der Waals surface area contributed by atoms with Crippen LogP contribution in [0.1, 0.15) is 26.2 Å². The minimum Gasteiger partial charge on any atom is -0.493 e. The molecule has 2 N–H and O–H groups in total. The molecule has 1 fully saturated rings. The number of anilines is 1. The van der Waals surface area contributed by atoms with Gasteiger partial charge in [-0.25, -0.2) is 0 Å². The van der Waals surface area contributed by atoms with Gasteiger partial charge < -0.3 is 25.0 Å². The Kier molecular flexibility index (Phi) is 10.2. The van der Waals surface area contributed by atoms with Crippen LogP contribution < -0.4 is 20.1 Å². The van der Waals surface area contributed by atoms with Crippen LogP contribution in [-0.4, -0.2) is 57.2 Å². The van der Waals surface area contributed by atoms with Gasteiger partial charge in [0.1, 0.15) is 0 Å². The lowest BCUT2D eigenvalue weighted by atomic mass is 10.2. The molecule has 0 aliphatic carbocycles. The highest BCUT2D eigenvalue weighted by molar-refractivity contribution is 14.0. The summed E-state index contributed by atoms with van der Waals surface area (Å²) >= 11 is 0. The predicted octanol–water partition coefficient (Wildman–Crippen LogP) is 2.71. The monoisotopic (exact) mass is 476 g/mol. The number of hydrogen-bond donors (Lipinski definition) is 2. The number of guanidine groups is 1. The zero-order valence-corrected chi connectivity index (χ0v) is 18.0. The van der Waals surface area contributed by atoms with Gasteiger partial charge in [-0.3, -0.25) is 9.79 Å². The van der Waals surface area contributed by atoms with Gasteiger partial charge in [0.05, 0.1) is 20.8 Å². The number of nitrogens with zero attached hydrogens (tertiary/aromatic N) is 2. The summed E-state index contributed by atoms with van der Waals surface area (Å²) in [5.41, 5.74) is 0.836. The SMILES string of the molecule is CCNC(=NCCC(=O)N1CCCC1)Nc1ccc(OC)c(OC)c1.I. The molecule has 1 amide bonds. The van der Waals surface area contributed by atoms with E-state index >= 15 is 0 Å². The molecule has 146 valence electrons. The quantitative estimate of drug-likeness (QED) is 0.360. The second-order valence-electron chi connectivity index (χ2n) is 5.79. The Bertz CT molecular complexity index is 604. The summed E-state index contributed by atoms with van der Waals surface area (Å²) < 4.78 is 10.6. The van der Waals surface area contributed by atoms with Gasteiger partial charge in [-0.2, -0.15) is 0 Å². The Morgan fingerprint density at radius 2 is 1.88 bits per heavy atom. The Morgan fingerprint density at radius 1 is 1.19 bits per heavy atom. The van der Waals surface area contributed by atoms with E-state index in [2.05, 4.69) is 15.6 Å². The highest BCUT2D eigenvalue weighted by atomic mass is 127. The summed E-state index contributed by atoms with van der Waals surface area (Å²) in [6.07, 6.45) is 2.65. The van der Waals surface area contributed by atoms with Crippen molar-refractivity contribution >= 4 is 41.5 Å². The van der Waals surface area contributed by atoms with Crippen molar-refractivity contribution in [1.29, 1.82) is 0 Å². The number of carbonyl (C=O) groups excluding carboxylic acids is 1. The molecule has 7 nitrogen and oxygen atoms in total. The molecule has 0 aromatic heterocycles. The summed E-state index contributed by atoms with van der Waals surface area (Å²) in [7, 11) is 3.21. The number of benzene rings is 1. The molecular formula is C18H29IN4O3. The van der Waals surface area contributed by atoms with Crippen LogP contribution in [0, 0.1) is 0 Å². The van der Waals surface area contributed by atoms with Crippen molar-refractivity contribution in [3.63, 3.8) is 0 Å². The minimum atomic E-state index is 0. The van der Waals surface area contributed by atoms with E-state index in [9.17, 15) is 4.79 Å². The Morgan fingerprint density at radius 3 is 2.50 bits per heavy atom. The number of likely N-dealkylation sites (tertiary alicyclic amines) is 1. The smallest absolute Gasteiger partial charge is 0.224 e. The molecule has 1 aromatic carbocycles. The Labute approximate surface area is 172 Å². The molecule has 0 saturated carbocycles. The van der Waals surface area contributed by atoms with Crippen LogP contribution in [0.4, 0.5) is 5.69 Å². The van der Waals surface area contributed by atoms with E-state index in [0.29, 0.717) is 30.4 Å². The van der Waals surface area contributed by atoms with E-state index < -0.39 is 0 Å². The summed E-state index contributed by atoms with van der Waals surface area (Å²) in [5.74, 6) is 2.14. The first-order valence-corrected chi connectivity index (χ1v) is 8.73. The van der Waals surface area contributed by atoms with E-state index in [1.165, 1.54) is 0 Å².